The molecule has 13 heteroatoms. The van der Waals surface area contributed by atoms with Crippen molar-refractivity contribution in [1.82, 2.24) is 19.5 Å². The number of fused-ring (bicyclic) bond motifs is 1. The largest absolute Gasteiger partial charge is 0.389 e. The van der Waals surface area contributed by atoms with Crippen LogP contribution in [0.1, 0.15) is 26.0 Å². The lowest BCUT2D eigenvalue weighted by Crippen LogP contribution is -2.31. The van der Waals surface area contributed by atoms with Gasteiger partial charge in [0, 0.05) is 18.1 Å². The topological polar surface area (TPSA) is 105 Å². The molecule has 0 spiro atoms. The number of aliphatic hydroxyl groups excluding tert-OH is 2. The fourth-order valence-electron chi connectivity index (χ4n) is 3.10. The van der Waals surface area contributed by atoms with E-state index >= 15 is 0 Å². The lowest BCUT2D eigenvalue weighted by atomic mass is 10.1. The van der Waals surface area contributed by atoms with Crippen LogP contribution in [-0.4, -0.2) is 78.5 Å². The first-order chi connectivity index (χ1) is 14.2. The molecular formula is C17H24F3N5O3S2. The lowest BCUT2D eigenvalue weighted by Gasteiger charge is -2.17. The van der Waals surface area contributed by atoms with Crippen LogP contribution in [0.5, 0.6) is 0 Å². The van der Waals surface area contributed by atoms with Gasteiger partial charge in [0.1, 0.15) is 12.2 Å². The molecule has 0 bridgehead atoms. The Morgan fingerprint density at radius 3 is 2.63 bits per heavy atom. The van der Waals surface area contributed by atoms with E-state index in [1.165, 1.54) is 10.9 Å². The van der Waals surface area contributed by atoms with Crippen molar-refractivity contribution in [3.8, 4) is 0 Å². The van der Waals surface area contributed by atoms with Crippen molar-refractivity contribution in [1.29, 1.82) is 0 Å². The van der Waals surface area contributed by atoms with Gasteiger partial charge in [-0.3, -0.25) is 4.57 Å². The Bertz CT molecular complexity index is 854. The zero-order valence-electron chi connectivity index (χ0n) is 16.5. The van der Waals surface area contributed by atoms with Crippen LogP contribution in [0.25, 0.3) is 11.2 Å². The summed E-state index contributed by atoms with van der Waals surface area (Å²) in [5.41, 5.74) is 0.737. The van der Waals surface area contributed by atoms with E-state index in [0.29, 0.717) is 29.9 Å². The molecule has 30 heavy (non-hydrogen) atoms. The van der Waals surface area contributed by atoms with Crippen LogP contribution in [0.3, 0.4) is 0 Å². The summed E-state index contributed by atoms with van der Waals surface area (Å²) in [5.74, 6) is 0.992. The summed E-state index contributed by atoms with van der Waals surface area (Å²) in [6.07, 6.45) is -5.00. The van der Waals surface area contributed by atoms with Gasteiger partial charge >= 0.3 is 6.18 Å². The van der Waals surface area contributed by atoms with Crippen molar-refractivity contribution < 1.29 is 28.1 Å². The van der Waals surface area contributed by atoms with Crippen molar-refractivity contribution in [3.63, 3.8) is 0 Å². The number of thioether (sulfide) groups is 2. The summed E-state index contributed by atoms with van der Waals surface area (Å²) in [4.78, 5) is 13.0. The van der Waals surface area contributed by atoms with Crippen molar-refractivity contribution in [2.24, 2.45) is 0 Å². The molecule has 4 atom stereocenters. The Labute approximate surface area is 180 Å². The molecule has 0 aliphatic carbocycles. The van der Waals surface area contributed by atoms with Crippen molar-refractivity contribution in [2.45, 2.75) is 55.6 Å². The van der Waals surface area contributed by atoms with Gasteiger partial charge in [0.15, 0.2) is 28.4 Å². The minimum atomic E-state index is -4.26. The molecule has 3 heterocycles. The van der Waals surface area contributed by atoms with E-state index in [-0.39, 0.29) is 10.9 Å². The number of ether oxygens (including phenoxy) is 1. The average Bonchev–Trinajstić information content (AvgIpc) is 3.22. The number of nitrogens with one attached hydrogen (secondary N) is 1. The third kappa shape index (κ3) is 5.31. The molecule has 8 nitrogen and oxygen atoms in total. The fourth-order valence-corrected chi connectivity index (χ4v) is 4.23. The summed E-state index contributed by atoms with van der Waals surface area (Å²) >= 11 is 2.53. The average molecular weight is 468 g/mol. The van der Waals surface area contributed by atoms with Crippen molar-refractivity contribution in [2.75, 3.05) is 29.6 Å². The van der Waals surface area contributed by atoms with Crippen LogP contribution in [0.2, 0.25) is 0 Å². The van der Waals surface area contributed by atoms with Gasteiger partial charge < -0.3 is 20.3 Å². The summed E-state index contributed by atoms with van der Waals surface area (Å²) < 4.78 is 44.8. The molecule has 0 radical (unpaired) electrons. The van der Waals surface area contributed by atoms with Crippen LogP contribution < -0.4 is 5.32 Å². The molecule has 1 fully saturated rings. The molecule has 3 N–H and O–H groups in total. The van der Waals surface area contributed by atoms with E-state index in [1.54, 1.807) is 11.8 Å². The number of imidazole rings is 1. The third-order valence-corrected chi connectivity index (χ3v) is 6.09. The van der Waals surface area contributed by atoms with Gasteiger partial charge in [-0.1, -0.05) is 18.7 Å². The first-order valence-corrected chi connectivity index (χ1v) is 11.8. The summed E-state index contributed by atoms with van der Waals surface area (Å²) in [6, 6.07) is 0. The first kappa shape index (κ1) is 23.4. The molecule has 3 rings (SSSR count). The number of nitrogens with zero attached hydrogens (tertiary/aromatic N) is 4. The second-order valence-electron chi connectivity index (χ2n) is 6.77. The normalized spacial score (nSPS) is 24.6. The number of halogens is 3. The SMILES string of the molecule is CCC1O[C@H](n2cnc3c(NCCSC)nc(SCCC(F)(F)F)nc32)[C@@H](O)[C@H]1O. The molecule has 1 saturated heterocycles. The Morgan fingerprint density at radius 2 is 2.00 bits per heavy atom. The number of alkyl halides is 3. The van der Waals surface area contributed by atoms with Crippen molar-refractivity contribution >= 4 is 40.5 Å². The van der Waals surface area contributed by atoms with Crippen LogP contribution in [0, 0.1) is 0 Å². The molecule has 1 unspecified atom stereocenters. The molecule has 2 aromatic heterocycles. The zero-order chi connectivity index (χ0) is 21.9. The summed E-state index contributed by atoms with van der Waals surface area (Å²) in [7, 11) is 0. The van der Waals surface area contributed by atoms with E-state index in [9.17, 15) is 23.4 Å². The number of aromatic nitrogens is 4. The van der Waals surface area contributed by atoms with Gasteiger partial charge in [-0.25, -0.2) is 15.0 Å². The van der Waals surface area contributed by atoms with Gasteiger partial charge in [-0.05, 0) is 12.7 Å². The molecule has 168 valence electrons. The second kappa shape index (κ2) is 9.90. The highest BCUT2D eigenvalue weighted by Gasteiger charge is 2.43. The zero-order valence-corrected chi connectivity index (χ0v) is 18.1. The van der Waals surface area contributed by atoms with Gasteiger partial charge in [-0.2, -0.15) is 24.9 Å². The van der Waals surface area contributed by atoms with Gasteiger partial charge in [-0.15, -0.1) is 0 Å². The van der Waals surface area contributed by atoms with Crippen LogP contribution >= 0.6 is 23.5 Å². The Hall–Kier alpha value is -1.28. The molecule has 1 aliphatic heterocycles. The minimum Gasteiger partial charge on any atom is -0.388 e. The molecule has 1 aliphatic rings. The molecular weight excluding hydrogens is 443 g/mol. The predicted molar refractivity (Wildman–Crippen MR) is 110 cm³/mol. The number of aliphatic hydroxyl groups is 2. The van der Waals surface area contributed by atoms with Gasteiger partial charge in [0.25, 0.3) is 0 Å². The number of hydrogen-bond acceptors (Lipinski definition) is 9. The lowest BCUT2D eigenvalue weighted by molar-refractivity contribution is -0.129. The van der Waals surface area contributed by atoms with Crippen LogP contribution in [-0.2, 0) is 4.74 Å². The standard InChI is InChI=1S/C17H24F3N5O3S2/c1-3-9-11(26)12(27)15(28-9)25-8-22-10-13(21-5-7-29-2)23-16(24-14(10)25)30-6-4-17(18,19)20/h8-9,11-12,15,26-27H,3-7H2,1-2H3,(H,21,23,24)/t9?,11-,12-,15-/m0/s1. The minimum absolute atomic E-state index is 0.167. The van der Waals surface area contributed by atoms with E-state index in [0.717, 1.165) is 17.5 Å². The highest BCUT2D eigenvalue weighted by molar-refractivity contribution is 7.99. The van der Waals surface area contributed by atoms with E-state index in [2.05, 4.69) is 20.3 Å². The second-order valence-corrected chi connectivity index (χ2v) is 8.81. The smallest absolute Gasteiger partial charge is 0.388 e. The molecule has 0 saturated carbocycles. The number of anilines is 1. The van der Waals surface area contributed by atoms with Crippen LogP contribution in [0.4, 0.5) is 19.0 Å². The van der Waals surface area contributed by atoms with Crippen LogP contribution in [0.15, 0.2) is 11.5 Å². The highest BCUT2D eigenvalue weighted by Crippen LogP contribution is 2.34. The maximum Gasteiger partial charge on any atom is 0.389 e. The van der Waals surface area contributed by atoms with E-state index < -0.39 is 37.1 Å². The third-order valence-electron chi connectivity index (χ3n) is 4.63. The predicted octanol–water partition coefficient (Wildman–Crippen LogP) is 2.67. The van der Waals surface area contributed by atoms with Crippen molar-refractivity contribution in [3.05, 3.63) is 6.33 Å². The van der Waals surface area contributed by atoms with Gasteiger partial charge in [0.05, 0.1) is 18.9 Å². The maximum absolute atomic E-state index is 12.5. The number of rotatable bonds is 9. The summed E-state index contributed by atoms with van der Waals surface area (Å²) in [5, 5.41) is 23.9. The van der Waals surface area contributed by atoms with E-state index in [1.807, 2.05) is 13.2 Å². The fraction of sp³-hybridized carbons (Fsp3) is 0.706. The molecule has 0 amide bonds. The Balaban J connectivity index is 1.93. The number of hydrogen-bond donors (Lipinski definition) is 3. The monoisotopic (exact) mass is 467 g/mol. The van der Waals surface area contributed by atoms with Gasteiger partial charge in [0.2, 0.25) is 0 Å². The highest BCUT2D eigenvalue weighted by atomic mass is 32.2. The summed E-state index contributed by atoms with van der Waals surface area (Å²) in [6.45, 7) is 2.42. The van der Waals surface area contributed by atoms with E-state index in [4.69, 9.17) is 4.74 Å². The quantitative estimate of drug-likeness (QED) is 0.292. The Kier molecular flexibility index (Phi) is 7.71. The maximum atomic E-state index is 12.5. The first-order valence-electron chi connectivity index (χ1n) is 9.43. The molecule has 0 aromatic carbocycles. The Morgan fingerprint density at radius 1 is 1.23 bits per heavy atom. The molecule has 2 aromatic rings.